The topological polar surface area (TPSA) is 30.7 Å². The van der Waals surface area contributed by atoms with Gasteiger partial charge in [-0.1, -0.05) is 13.8 Å². The van der Waals surface area contributed by atoms with Crippen LogP contribution in [-0.4, -0.2) is 14.8 Å². The fourth-order valence-electron chi connectivity index (χ4n) is 1.88. The number of halogens is 2. The smallest absolute Gasteiger partial charge is 0.163 e. The van der Waals surface area contributed by atoms with E-state index in [0.717, 1.165) is 17.0 Å². The molecular weight excluding hydrogens is 260 g/mol. The van der Waals surface area contributed by atoms with E-state index in [1.807, 2.05) is 26.8 Å². The van der Waals surface area contributed by atoms with Gasteiger partial charge in [0.25, 0.3) is 0 Å². The molecule has 20 heavy (non-hydrogen) atoms. The van der Waals surface area contributed by atoms with Crippen LogP contribution in [0.1, 0.15) is 19.4 Å². The lowest BCUT2D eigenvalue weighted by Gasteiger charge is -2.04. The molecule has 0 atom stereocenters. The van der Waals surface area contributed by atoms with Gasteiger partial charge < -0.3 is 0 Å². The minimum Gasteiger partial charge on any atom is -0.237 e. The van der Waals surface area contributed by atoms with Crippen LogP contribution in [0.4, 0.5) is 8.78 Å². The highest BCUT2D eigenvalue weighted by Crippen LogP contribution is 2.21. The molecule has 0 aliphatic carbocycles. The highest BCUT2D eigenvalue weighted by atomic mass is 19.1. The number of hydrogen-bond acceptors (Lipinski definition) is 2. The van der Waals surface area contributed by atoms with Crippen molar-refractivity contribution in [3.63, 3.8) is 0 Å². The van der Waals surface area contributed by atoms with Crippen LogP contribution in [0.2, 0.25) is 0 Å². The lowest BCUT2D eigenvalue weighted by Crippen LogP contribution is -2.01. The van der Waals surface area contributed by atoms with E-state index in [2.05, 4.69) is 10.1 Å². The first-order valence-corrected chi connectivity index (χ1v) is 6.41. The molecule has 0 saturated carbocycles. The molecule has 2 heterocycles. The summed E-state index contributed by atoms with van der Waals surface area (Å²) in [5.74, 6) is -1.28. The third-order valence-electron chi connectivity index (χ3n) is 2.83. The largest absolute Gasteiger partial charge is 0.237 e. The minimum absolute atomic E-state index is 0.185. The lowest BCUT2D eigenvalue weighted by molar-refractivity contribution is 0.574. The fraction of sp³-hybridized carbons (Fsp3) is 0.200. The summed E-state index contributed by atoms with van der Waals surface area (Å²) in [6.07, 6.45) is 3.26. The maximum Gasteiger partial charge on any atom is 0.163 e. The lowest BCUT2D eigenvalue weighted by atomic mass is 10.2. The van der Waals surface area contributed by atoms with E-state index in [0.29, 0.717) is 5.65 Å². The standard InChI is InChI=1S/C13H9F2N3.C2H6/c1-8-4-5-16-13-10(8)7-17-18(13)12-3-2-9(14)6-11(12)15;1-2/h2-7H,1H3;1-2H3. The van der Waals surface area contributed by atoms with Crippen molar-refractivity contribution >= 4 is 11.0 Å². The number of aromatic nitrogens is 3. The molecule has 2 aromatic heterocycles. The van der Waals surface area contributed by atoms with Crippen molar-refractivity contribution in [2.24, 2.45) is 0 Å². The van der Waals surface area contributed by atoms with Crippen LogP contribution in [0.5, 0.6) is 0 Å². The summed E-state index contributed by atoms with van der Waals surface area (Å²) in [6, 6.07) is 5.23. The summed E-state index contributed by atoms with van der Waals surface area (Å²) in [5, 5.41) is 4.96. The Kier molecular flexibility index (Phi) is 4.08. The van der Waals surface area contributed by atoms with Gasteiger partial charge in [0.15, 0.2) is 11.5 Å². The van der Waals surface area contributed by atoms with Crippen molar-refractivity contribution in [1.82, 2.24) is 14.8 Å². The van der Waals surface area contributed by atoms with Crippen LogP contribution in [-0.2, 0) is 0 Å². The summed E-state index contributed by atoms with van der Waals surface area (Å²) >= 11 is 0. The van der Waals surface area contributed by atoms with Gasteiger partial charge in [0, 0.05) is 17.6 Å². The van der Waals surface area contributed by atoms with Crippen molar-refractivity contribution in [3.05, 3.63) is 53.9 Å². The summed E-state index contributed by atoms with van der Waals surface area (Å²) in [7, 11) is 0. The molecule has 0 unspecified atom stereocenters. The van der Waals surface area contributed by atoms with Crippen LogP contribution in [0, 0.1) is 18.6 Å². The van der Waals surface area contributed by atoms with E-state index >= 15 is 0 Å². The number of benzene rings is 1. The first-order valence-electron chi connectivity index (χ1n) is 6.41. The average Bonchev–Trinajstić information content (AvgIpc) is 2.86. The van der Waals surface area contributed by atoms with Gasteiger partial charge in [0.2, 0.25) is 0 Å². The quantitative estimate of drug-likeness (QED) is 0.671. The SMILES string of the molecule is CC.Cc1ccnc2c1cnn2-c1ccc(F)cc1F. The Bertz CT molecular complexity index is 735. The molecule has 1 aromatic carbocycles. The summed E-state index contributed by atoms with van der Waals surface area (Å²) in [5.41, 5.74) is 1.75. The third kappa shape index (κ3) is 2.39. The van der Waals surface area contributed by atoms with E-state index < -0.39 is 11.6 Å². The van der Waals surface area contributed by atoms with Crippen molar-refractivity contribution < 1.29 is 8.78 Å². The van der Waals surface area contributed by atoms with Crippen molar-refractivity contribution in [2.75, 3.05) is 0 Å². The number of hydrogen-bond donors (Lipinski definition) is 0. The van der Waals surface area contributed by atoms with Gasteiger partial charge in [0.05, 0.1) is 6.20 Å². The van der Waals surface area contributed by atoms with Gasteiger partial charge in [-0.3, -0.25) is 0 Å². The normalized spacial score (nSPS) is 10.2. The molecule has 0 saturated heterocycles. The maximum atomic E-state index is 13.7. The molecule has 0 N–H and O–H groups in total. The fourth-order valence-corrected chi connectivity index (χ4v) is 1.88. The molecule has 0 aliphatic rings. The van der Waals surface area contributed by atoms with E-state index in [-0.39, 0.29) is 5.69 Å². The van der Waals surface area contributed by atoms with Crippen LogP contribution in [0.25, 0.3) is 16.7 Å². The summed E-state index contributed by atoms with van der Waals surface area (Å²) < 4.78 is 28.0. The van der Waals surface area contributed by atoms with Crippen LogP contribution in [0.3, 0.4) is 0 Å². The zero-order chi connectivity index (χ0) is 14.7. The molecule has 3 aromatic rings. The average molecular weight is 275 g/mol. The van der Waals surface area contributed by atoms with Crippen LogP contribution < -0.4 is 0 Å². The Hall–Kier alpha value is -2.30. The molecule has 0 aliphatic heterocycles. The number of rotatable bonds is 1. The third-order valence-corrected chi connectivity index (χ3v) is 2.83. The monoisotopic (exact) mass is 275 g/mol. The zero-order valence-electron chi connectivity index (χ0n) is 11.6. The molecule has 3 nitrogen and oxygen atoms in total. The van der Waals surface area contributed by atoms with Crippen molar-refractivity contribution in [3.8, 4) is 5.69 Å². The molecule has 5 heteroatoms. The van der Waals surface area contributed by atoms with E-state index in [4.69, 9.17) is 0 Å². The molecule has 0 radical (unpaired) electrons. The Morgan fingerprint density at radius 2 is 1.85 bits per heavy atom. The zero-order valence-corrected chi connectivity index (χ0v) is 11.6. The molecule has 0 bridgehead atoms. The maximum absolute atomic E-state index is 13.7. The molecule has 0 fully saturated rings. The van der Waals surface area contributed by atoms with E-state index in [1.165, 1.54) is 16.8 Å². The van der Waals surface area contributed by atoms with Gasteiger partial charge in [-0.25, -0.2) is 18.4 Å². The summed E-state index contributed by atoms with van der Waals surface area (Å²) in [6.45, 7) is 5.93. The van der Waals surface area contributed by atoms with E-state index in [9.17, 15) is 8.78 Å². The second-order valence-corrected chi connectivity index (χ2v) is 4.02. The van der Waals surface area contributed by atoms with Gasteiger partial charge in [0.1, 0.15) is 11.5 Å². The van der Waals surface area contributed by atoms with Crippen molar-refractivity contribution in [1.29, 1.82) is 0 Å². The van der Waals surface area contributed by atoms with Gasteiger partial charge in [-0.2, -0.15) is 5.10 Å². The molecule has 104 valence electrons. The minimum atomic E-state index is -0.664. The highest BCUT2D eigenvalue weighted by molar-refractivity contribution is 5.79. The molecular formula is C15H15F2N3. The first kappa shape index (κ1) is 14.1. The second-order valence-electron chi connectivity index (χ2n) is 4.02. The number of fused-ring (bicyclic) bond motifs is 1. The Labute approximate surface area is 115 Å². The highest BCUT2D eigenvalue weighted by Gasteiger charge is 2.12. The Morgan fingerprint density at radius 1 is 1.10 bits per heavy atom. The Morgan fingerprint density at radius 3 is 2.55 bits per heavy atom. The van der Waals surface area contributed by atoms with Gasteiger partial charge in [-0.15, -0.1) is 0 Å². The number of aryl methyl sites for hydroxylation is 1. The number of nitrogens with zero attached hydrogens (tertiary/aromatic N) is 3. The second kappa shape index (κ2) is 5.77. The Balaban J connectivity index is 0.000000704. The first-order chi connectivity index (χ1) is 9.66. The van der Waals surface area contributed by atoms with E-state index in [1.54, 1.807) is 12.4 Å². The van der Waals surface area contributed by atoms with Gasteiger partial charge >= 0.3 is 0 Å². The molecule has 0 amide bonds. The van der Waals surface area contributed by atoms with Gasteiger partial charge in [-0.05, 0) is 30.7 Å². The number of pyridine rings is 1. The molecule has 3 rings (SSSR count). The van der Waals surface area contributed by atoms with Crippen LogP contribution >= 0.6 is 0 Å². The predicted molar refractivity (Wildman–Crippen MR) is 74.9 cm³/mol. The summed E-state index contributed by atoms with van der Waals surface area (Å²) in [4.78, 5) is 4.18. The van der Waals surface area contributed by atoms with Crippen LogP contribution in [0.15, 0.2) is 36.7 Å². The van der Waals surface area contributed by atoms with Crippen molar-refractivity contribution in [2.45, 2.75) is 20.8 Å². The molecule has 0 spiro atoms. The predicted octanol–water partition coefficient (Wildman–Crippen LogP) is 4.03.